The van der Waals surface area contributed by atoms with Crippen LogP contribution in [0.1, 0.15) is 168 Å². The molecule has 3 aliphatic rings. The number of carboxylic acid groups (broad SMARTS) is 1. The van der Waals surface area contributed by atoms with Crippen molar-refractivity contribution in [3.63, 3.8) is 0 Å². The molecule has 0 aromatic carbocycles. The van der Waals surface area contributed by atoms with Crippen LogP contribution < -0.4 is 10.6 Å². The summed E-state index contributed by atoms with van der Waals surface area (Å²) in [4.78, 5) is 38.2. The average molecular weight is 1120 g/mol. The molecule has 0 saturated carbocycles. The molecule has 0 spiro atoms. The molecule has 0 aromatic rings. The Morgan fingerprint density at radius 1 is 0.667 bits per heavy atom. The maximum atomic E-state index is 13.2. The van der Waals surface area contributed by atoms with Gasteiger partial charge in [-0.05, 0) is 38.5 Å². The second-order valence-electron chi connectivity index (χ2n) is 21.1. The molecule has 14 N–H and O–H groups in total. The minimum atomic E-state index is -3.08. The monoisotopic (exact) mass is 1120 g/mol. The third kappa shape index (κ3) is 22.9. The number of hydrogen-bond donors (Lipinski definition) is 14. The van der Waals surface area contributed by atoms with Crippen LogP contribution in [0.25, 0.3) is 0 Å². The number of ether oxygens (including phenoxy) is 6. The number of carboxylic acids is 1. The summed E-state index contributed by atoms with van der Waals surface area (Å²) in [7, 11) is 0. The van der Waals surface area contributed by atoms with E-state index in [0.29, 0.717) is 19.3 Å². The van der Waals surface area contributed by atoms with E-state index in [4.69, 9.17) is 28.4 Å². The van der Waals surface area contributed by atoms with Crippen LogP contribution >= 0.6 is 0 Å². The van der Waals surface area contributed by atoms with Gasteiger partial charge in [0.2, 0.25) is 11.8 Å². The summed E-state index contributed by atoms with van der Waals surface area (Å²) in [6.45, 7) is 2.01. The Morgan fingerprint density at radius 3 is 1.76 bits per heavy atom. The first-order chi connectivity index (χ1) is 37.4. The zero-order valence-corrected chi connectivity index (χ0v) is 46.3. The zero-order valence-electron chi connectivity index (χ0n) is 46.3. The number of unbranched alkanes of at least 4 members (excludes halogenated alkanes) is 18. The number of aliphatic hydroxyl groups excluding tert-OH is 11. The first-order valence-electron chi connectivity index (χ1n) is 28.7. The third-order valence-electron chi connectivity index (χ3n) is 14.6. The molecule has 0 aliphatic carbocycles. The number of carbonyl (C=O) groups is 3. The molecule has 3 aliphatic heterocycles. The zero-order chi connectivity index (χ0) is 57.6. The molecule has 18 unspecified atom stereocenters. The van der Waals surface area contributed by atoms with Crippen LogP contribution in [0.2, 0.25) is 0 Å². The largest absolute Gasteiger partial charge is 0.477 e. The maximum Gasteiger partial charge on any atom is 0.364 e. The van der Waals surface area contributed by atoms with Gasteiger partial charge in [-0.2, -0.15) is 0 Å². The maximum absolute atomic E-state index is 13.2. The highest BCUT2D eigenvalue weighted by Crippen LogP contribution is 2.38. The lowest BCUT2D eigenvalue weighted by atomic mass is 9.88. The van der Waals surface area contributed by atoms with Gasteiger partial charge in [-0.15, -0.1) is 0 Å². The second-order valence-corrected chi connectivity index (χ2v) is 21.1. The summed E-state index contributed by atoms with van der Waals surface area (Å²) in [6.07, 6.45) is 1.46. The molecule has 0 bridgehead atoms. The number of hydrogen-bond acceptors (Lipinski definition) is 20. The van der Waals surface area contributed by atoms with Crippen LogP contribution in [-0.2, 0) is 42.8 Å². The highest BCUT2D eigenvalue weighted by molar-refractivity contribution is 5.77. The Morgan fingerprint density at radius 2 is 1.21 bits per heavy atom. The van der Waals surface area contributed by atoms with E-state index in [0.717, 1.165) is 51.9 Å². The van der Waals surface area contributed by atoms with Gasteiger partial charge >= 0.3 is 5.97 Å². The number of aliphatic hydroxyl groups is 11. The summed E-state index contributed by atoms with van der Waals surface area (Å²) in [5.41, 5.74) is 0. The molecule has 454 valence electrons. The first-order valence-corrected chi connectivity index (χ1v) is 28.7. The predicted molar refractivity (Wildman–Crippen MR) is 283 cm³/mol. The smallest absolute Gasteiger partial charge is 0.364 e. The number of rotatable bonds is 40. The summed E-state index contributed by atoms with van der Waals surface area (Å²) in [5.74, 6) is -6.19. The average Bonchev–Trinajstić information content (AvgIpc) is 3.51. The fourth-order valence-electron chi connectivity index (χ4n) is 9.94. The molecule has 23 heteroatoms. The van der Waals surface area contributed by atoms with E-state index in [2.05, 4.69) is 30.6 Å². The van der Waals surface area contributed by atoms with E-state index in [-0.39, 0.29) is 12.3 Å². The number of aliphatic carboxylic acids is 1. The lowest BCUT2D eigenvalue weighted by molar-refractivity contribution is -0.386. The molecule has 3 heterocycles. The van der Waals surface area contributed by atoms with Gasteiger partial charge in [0.1, 0.15) is 67.1 Å². The lowest BCUT2D eigenvalue weighted by Crippen LogP contribution is -2.70. The van der Waals surface area contributed by atoms with Crippen LogP contribution in [0.3, 0.4) is 0 Å². The molecule has 3 saturated heterocycles. The highest BCUT2D eigenvalue weighted by atomic mass is 16.8. The van der Waals surface area contributed by atoms with Crippen molar-refractivity contribution in [2.45, 2.75) is 278 Å². The van der Waals surface area contributed by atoms with Crippen molar-refractivity contribution in [1.82, 2.24) is 10.6 Å². The van der Waals surface area contributed by atoms with Crippen molar-refractivity contribution in [2.75, 3.05) is 26.4 Å². The van der Waals surface area contributed by atoms with Crippen LogP contribution in [0.4, 0.5) is 0 Å². The molecular weight excluding hydrogens is 1020 g/mol. The summed E-state index contributed by atoms with van der Waals surface area (Å²) >= 11 is 0. The Bertz CT molecular complexity index is 1710. The van der Waals surface area contributed by atoms with E-state index in [1.165, 1.54) is 70.6 Å². The van der Waals surface area contributed by atoms with E-state index in [1.54, 1.807) is 6.08 Å². The number of allylic oxidation sites excluding steroid dienone is 3. The third-order valence-corrected chi connectivity index (χ3v) is 14.6. The Balaban J connectivity index is 1.70. The molecule has 78 heavy (non-hydrogen) atoms. The predicted octanol–water partition coefficient (Wildman–Crippen LogP) is 1.38. The molecule has 18 atom stereocenters. The molecule has 2 amide bonds. The fourth-order valence-corrected chi connectivity index (χ4v) is 9.94. The van der Waals surface area contributed by atoms with E-state index >= 15 is 0 Å². The minimum absolute atomic E-state index is 0.151. The van der Waals surface area contributed by atoms with Gasteiger partial charge in [0, 0.05) is 19.8 Å². The summed E-state index contributed by atoms with van der Waals surface area (Å²) in [6, 6.07) is -2.63. The van der Waals surface area contributed by atoms with Gasteiger partial charge in [0.15, 0.2) is 12.6 Å². The van der Waals surface area contributed by atoms with Crippen LogP contribution in [0, 0.1) is 0 Å². The van der Waals surface area contributed by atoms with Crippen molar-refractivity contribution >= 4 is 17.8 Å². The van der Waals surface area contributed by atoms with Crippen molar-refractivity contribution in [1.29, 1.82) is 0 Å². The minimum Gasteiger partial charge on any atom is -0.477 e. The summed E-state index contributed by atoms with van der Waals surface area (Å²) in [5, 5.41) is 135. The standard InChI is InChI=1S/C55H98N2O21/c1-4-6-8-10-12-14-15-16-17-18-19-21-22-24-26-28-37(62)36(57-42(65)29-27-25-23-20-13-11-9-7-5-2)34-73-52-47(69)46(68)49(41(33-60)75-52)76-53-48(70)51(45(67)40(32-59)74-53)78-55(54(71)72)30-38(63)43(56-35(3)61)50(77-55)44(66)39(64)31-58/h20,23,26,28,36-41,43-53,58-60,62-64,66-70H,4-19,21-22,24-25,27,29-34H2,1-3H3,(H,56,61)(H,57,65)(H,71,72)/b23-20-,28-26+. The van der Waals surface area contributed by atoms with Crippen LogP contribution in [-0.4, -0.2) is 215 Å². The molecule has 3 rings (SSSR count). The fraction of sp³-hybridized carbons (Fsp3) is 0.873. The number of amides is 2. The van der Waals surface area contributed by atoms with Crippen LogP contribution in [0.5, 0.6) is 0 Å². The molecule has 0 radical (unpaired) electrons. The second kappa shape index (κ2) is 38.1. The molecule has 23 nitrogen and oxygen atoms in total. The van der Waals surface area contributed by atoms with Gasteiger partial charge in [0.25, 0.3) is 5.79 Å². The van der Waals surface area contributed by atoms with Gasteiger partial charge < -0.3 is 100 Å². The molecule has 0 aromatic heterocycles. The van der Waals surface area contributed by atoms with Crippen molar-refractivity contribution in [2.24, 2.45) is 0 Å². The van der Waals surface area contributed by atoms with E-state index in [9.17, 15) is 75.7 Å². The van der Waals surface area contributed by atoms with Crippen molar-refractivity contribution in [3.05, 3.63) is 24.3 Å². The van der Waals surface area contributed by atoms with Gasteiger partial charge in [-0.25, -0.2) is 4.79 Å². The van der Waals surface area contributed by atoms with Crippen molar-refractivity contribution in [3.8, 4) is 0 Å². The normalized spacial score (nSPS) is 31.3. The first kappa shape index (κ1) is 69.5. The Labute approximate surface area is 460 Å². The number of nitrogens with one attached hydrogen (secondary N) is 2. The number of carbonyl (C=O) groups excluding carboxylic acids is 2. The molecular formula is C55H98N2O21. The van der Waals surface area contributed by atoms with Crippen molar-refractivity contribution < 1.29 is 104 Å². The topological polar surface area (TPSA) is 373 Å². The van der Waals surface area contributed by atoms with E-state index < -0.39 is 155 Å². The molecule has 3 fully saturated rings. The van der Waals surface area contributed by atoms with Gasteiger partial charge in [-0.3, -0.25) is 9.59 Å². The van der Waals surface area contributed by atoms with E-state index in [1.807, 2.05) is 12.2 Å². The highest BCUT2D eigenvalue weighted by Gasteiger charge is 2.60. The SMILES string of the molecule is CCCCCC/C=C\CCCC(=O)NC(COC1OC(CO)C(OC2OC(CO)C(O)C(OC3(C(=O)O)CC(O)C(NC(C)=O)C(C(O)C(O)CO)O3)C2O)C(O)C1O)C(O)/C=C/CCCCCCCCCCCCCCC. The lowest BCUT2D eigenvalue weighted by Gasteiger charge is -2.50. The summed E-state index contributed by atoms with van der Waals surface area (Å²) < 4.78 is 34.5. The Hall–Kier alpha value is -2.79. The van der Waals surface area contributed by atoms with Crippen LogP contribution in [0.15, 0.2) is 24.3 Å². The van der Waals surface area contributed by atoms with Gasteiger partial charge in [0.05, 0.1) is 50.7 Å². The Kier molecular flexibility index (Phi) is 33.9. The quantitative estimate of drug-likeness (QED) is 0.0304. The van der Waals surface area contributed by atoms with Gasteiger partial charge in [-0.1, -0.05) is 134 Å².